The summed E-state index contributed by atoms with van der Waals surface area (Å²) < 4.78 is 10.2. The Morgan fingerprint density at radius 3 is 3.16 bits per heavy atom. The van der Waals surface area contributed by atoms with E-state index in [1.807, 2.05) is 12.1 Å². The molecule has 6 heteroatoms. The minimum absolute atomic E-state index is 0.0964. The molecule has 19 heavy (non-hydrogen) atoms. The first-order valence-corrected chi connectivity index (χ1v) is 6.51. The normalized spacial score (nSPS) is 22.9. The van der Waals surface area contributed by atoms with Gasteiger partial charge in [0, 0.05) is 0 Å². The molecule has 2 N–H and O–H groups in total. The molecule has 1 aromatic rings. The maximum atomic E-state index is 11.9. The van der Waals surface area contributed by atoms with Crippen molar-refractivity contribution in [2.24, 2.45) is 0 Å². The number of carbonyl (C=O) groups excluding carboxylic acids is 2. The van der Waals surface area contributed by atoms with Gasteiger partial charge >= 0.3 is 5.97 Å². The van der Waals surface area contributed by atoms with Crippen molar-refractivity contribution in [3.8, 4) is 0 Å². The van der Waals surface area contributed by atoms with Crippen molar-refractivity contribution in [3.63, 3.8) is 0 Å². The zero-order valence-corrected chi connectivity index (χ0v) is 11.0. The second-order valence-corrected chi connectivity index (χ2v) is 4.52. The van der Waals surface area contributed by atoms with Gasteiger partial charge in [0.05, 0.1) is 26.0 Å². The highest BCUT2D eigenvalue weighted by Crippen LogP contribution is 2.00. The van der Waals surface area contributed by atoms with Crippen LogP contribution in [-0.4, -0.2) is 37.6 Å². The molecule has 1 amide bonds. The fraction of sp³-hybridized carbons (Fsp3) is 0.538. The van der Waals surface area contributed by atoms with Crippen molar-refractivity contribution < 1.29 is 23.6 Å². The highest BCUT2D eigenvalue weighted by molar-refractivity contribution is 5.85. The van der Waals surface area contributed by atoms with Crippen LogP contribution in [0.1, 0.15) is 19.1 Å². The van der Waals surface area contributed by atoms with Gasteiger partial charge in [0.1, 0.15) is 13.0 Å². The Labute approximate surface area is 111 Å². The van der Waals surface area contributed by atoms with E-state index in [2.05, 4.69) is 5.32 Å². The van der Waals surface area contributed by atoms with Crippen LogP contribution in [0.2, 0.25) is 0 Å². The zero-order chi connectivity index (χ0) is 13.7. The van der Waals surface area contributed by atoms with Crippen molar-refractivity contribution in [1.82, 2.24) is 5.32 Å². The second-order valence-electron chi connectivity index (χ2n) is 4.52. The number of esters is 1. The van der Waals surface area contributed by atoms with Gasteiger partial charge in [-0.3, -0.25) is 9.59 Å². The monoisotopic (exact) mass is 267 g/mol. The molecule has 0 aromatic carbocycles. The van der Waals surface area contributed by atoms with E-state index in [1.54, 1.807) is 13.2 Å². The van der Waals surface area contributed by atoms with Gasteiger partial charge in [0.2, 0.25) is 0 Å². The smallest absolute Gasteiger partial charge is 0.312 e. The fourth-order valence-corrected chi connectivity index (χ4v) is 2.30. The van der Waals surface area contributed by atoms with Crippen molar-refractivity contribution >= 4 is 11.9 Å². The van der Waals surface area contributed by atoms with E-state index in [0.29, 0.717) is 19.7 Å². The molecule has 1 aliphatic rings. The van der Waals surface area contributed by atoms with Crippen LogP contribution in [0.15, 0.2) is 22.8 Å². The molecule has 2 heterocycles. The average molecular weight is 267 g/mol. The number of piperazine rings is 1. The SMILES string of the molecule is CCOC(=O)C[C@@H]1C(=O)NCC[NH+]1Cc1ccco1. The molecule has 6 nitrogen and oxygen atoms in total. The average Bonchev–Trinajstić information content (AvgIpc) is 2.87. The van der Waals surface area contributed by atoms with E-state index >= 15 is 0 Å². The Morgan fingerprint density at radius 2 is 2.47 bits per heavy atom. The van der Waals surface area contributed by atoms with Crippen LogP contribution in [-0.2, 0) is 20.9 Å². The molecule has 1 saturated heterocycles. The quantitative estimate of drug-likeness (QED) is 0.679. The van der Waals surface area contributed by atoms with Gasteiger partial charge in [0.15, 0.2) is 11.8 Å². The summed E-state index contributed by atoms with van der Waals surface area (Å²) >= 11 is 0. The Kier molecular flexibility index (Phi) is 4.57. The van der Waals surface area contributed by atoms with Crippen LogP contribution in [0.5, 0.6) is 0 Å². The lowest BCUT2D eigenvalue weighted by Gasteiger charge is -2.30. The molecule has 0 spiro atoms. The maximum Gasteiger partial charge on any atom is 0.312 e. The van der Waals surface area contributed by atoms with Crippen LogP contribution in [0, 0.1) is 0 Å². The lowest BCUT2D eigenvalue weighted by Crippen LogP contribution is -3.18. The van der Waals surface area contributed by atoms with E-state index in [9.17, 15) is 9.59 Å². The standard InChI is InChI=1S/C13H18N2O4/c1-2-18-12(16)8-11-13(17)14-5-6-15(11)9-10-4-3-7-19-10/h3-4,7,11H,2,5-6,8-9H2,1H3,(H,14,17)/p+1/t11-/m1/s1. The Morgan fingerprint density at radius 1 is 1.63 bits per heavy atom. The van der Waals surface area contributed by atoms with Gasteiger partial charge in [-0.25, -0.2) is 0 Å². The highest BCUT2D eigenvalue weighted by Gasteiger charge is 2.36. The van der Waals surface area contributed by atoms with E-state index in [0.717, 1.165) is 17.2 Å². The van der Waals surface area contributed by atoms with E-state index in [4.69, 9.17) is 9.15 Å². The third-order valence-electron chi connectivity index (χ3n) is 3.21. The lowest BCUT2D eigenvalue weighted by molar-refractivity contribution is -0.931. The molecule has 104 valence electrons. The molecule has 0 saturated carbocycles. The summed E-state index contributed by atoms with van der Waals surface area (Å²) in [6, 6.07) is 3.29. The number of nitrogens with one attached hydrogen (secondary N) is 2. The second kappa shape index (κ2) is 6.38. The van der Waals surface area contributed by atoms with E-state index in [1.165, 1.54) is 0 Å². The lowest BCUT2D eigenvalue weighted by atomic mass is 10.1. The van der Waals surface area contributed by atoms with Gasteiger partial charge in [-0.1, -0.05) is 0 Å². The maximum absolute atomic E-state index is 11.9. The van der Waals surface area contributed by atoms with Gasteiger partial charge in [-0.15, -0.1) is 0 Å². The summed E-state index contributed by atoms with van der Waals surface area (Å²) in [5.41, 5.74) is 0. The van der Waals surface area contributed by atoms with Gasteiger partial charge < -0.3 is 19.4 Å². The number of hydrogen-bond donors (Lipinski definition) is 2. The van der Waals surface area contributed by atoms with Crippen LogP contribution >= 0.6 is 0 Å². The van der Waals surface area contributed by atoms with Crippen LogP contribution < -0.4 is 10.2 Å². The van der Waals surface area contributed by atoms with E-state index in [-0.39, 0.29) is 18.3 Å². The summed E-state index contributed by atoms with van der Waals surface area (Å²) in [7, 11) is 0. The van der Waals surface area contributed by atoms with Crippen molar-refractivity contribution in [2.75, 3.05) is 19.7 Å². The Bertz CT molecular complexity index is 430. The third kappa shape index (κ3) is 3.57. The number of rotatable bonds is 5. The number of ether oxygens (including phenoxy) is 1. The molecule has 0 bridgehead atoms. The van der Waals surface area contributed by atoms with Crippen LogP contribution in [0.25, 0.3) is 0 Å². The van der Waals surface area contributed by atoms with Crippen LogP contribution in [0.3, 0.4) is 0 Å². The zero-order valence-electron chi connectivity index (χ0n) is 11.0. The summed E-state index contributed by atoms with van der Waals surface area (Å²) in [6.07, 6.45) is 1.72. The molecule has 2 atom stereocenters. The third-order valence-corrected chi connectivity index (χ3v) is 3.21. The van der Waals surface area contributed by atoms with Crippen molar-refractivity contribution in [1.29, 1.82) is 0 Å². The predicted molar refractivity (Wildman–Crippen MR) is 66.3 cm³/mol. The number of carbonyl (C=O) groups is 2. The first kappa shape index (κ1) is 13.6. The largest absolute Gasteiger partial charge is 0.466 e. The molecular weight excluding hydrogens is 248 g/mol. The predicted octanol–water partition coefficient (Wildman–Crippen LogP) is -0.884. The highest BCUT2D eigenvalue weighted by atomic mass is 16.5. The summed E-state index contributed by atoms with van der Waals surface area (Å²) in [5, 5.41) is 2.79. The molecule has 1 fully saturated rings. The summed E-state index contributed by atoms with van der Waals surface area (Å²) in [5.74, 6) is 0.390. The topological polar surface area (TPSA) is 73.0 Å². The van der Waals surface area contributed by atoms with Gasteiger partial charge in [-0.2, -0.15) is 0 Å². The molecular formula is C13H19N2O4+. The molecule has 1 aliphatic heterocycles. The number of quaternary nitrogens is 1. The minimum atomic E-state index is -0.405. The molecule has 1 unspecified atom stereocenters. The molecule has 2 rings (SSSR count). The summed E-state index contributed by atoms with van der Waals surface area (Å²) in [4.78, 5) is 24.5. The summed E-state index contributed by atoms with van der Waals surface area (Å²) in [6.45, 7) is 4.09. The van der Waals surface area contributed by atoms with Gasteiger partial charge in [-0.05, 0) is 19.1 Å². The first-order chi connectivity index (χ1) is 9.20. The molecule has 0 radical (unpaired) electrons. The van der Waals surface area contributed by atoms with Gasteiger partial charge in [0.25, 0.3) is 5.91 Å². The Balaban J connectivity index is 2.01. The van der Waals surface area contributed by atoms with Crippen molar-refractivity contribution in [3.05, 3.63) is 24.2 Å². The Hall–Kier alpha value is -1.82. The molecule has 0 aliphatic carbocycles. The van der Waals surface area contributed by atoms with Crippen molar-refractivity contribution in [2.45, 2.75) is 25.9 Å². The fourth-order valence-electron chi connectivity index (χ4n) is 2.30. The van der Waals surface area contributed by atoms with Crippen LogP contribution in [0.4, 0.5) is 0 Å². The first-order valence-electron chi connectivity index (χ1n) is 6.51. The number of hydrogen-bond acceptors (Lipinski definition) is 4. The molecule has 1 aromatic heterocycles. The minimum Gasteiger partial charge on any atom is -0.466 e. The van der Waals surface area contributed by atoms with E-state index < -0.39 is 6.04 Å². The number of amides is 1. The number of furan rings is 1.